The molecule has 4 heterocycles. The fourth-order valence-corrected chi connectivity index (χ4v) is 4.75. The monoisotopic (exact) mass is 279 g/mol. The molecule has 1 aliphatic carbocycles. The summed E-state index contributed by atoms with van der Waals surface area (Å²) in [7, 11) is 0. The lowest BCUT2D eigenvalue weighted by atomic mass is 10.1. The second-order valence-corrected chi connectivity index (χ2v) is 6.76. The minimum absolute atomic E-state index is 0.365. The lowest BCUT2D eigenvalue weighted by Crippen LogP contribution is -2.56. The molecule has 19 heavy (non-hydrogen) atoms. The molecule has 2 unspecified atom stereocenters. The number of carboxylic acids is 1. The molecule has 0 saturated carbocycles. The largest absolute Gasteiger partial charge is 0.481 e. The van der Waals surface area contributed by atoms with Crippen molar-refractivity contribution in [2.24, 2.45) is 0 Å². The van der Waals surface area contributed by atoms with Crippen molar-refractivity contribution in [3.05, 3.63) is 15.6 Å². The van der Waals surface area contributed by atoms with Crippen molar-refractivity contribution < 1.29 is 9.90 Å². The van der Waals surface area contributed by atoms with Gasteiger partial charge in [-0.1, -0.05) is 0 Å². The van der Waals surface area contributed by atoms with E-state index < -0.39 is 5.97 Å². The standard InChI is InChI=1S/C13H17N3O2S/c17-13(18)8-1-2-10-11(8)14-12(19-10)9-7-15-3-5-16(9)6-4-15/h8-9H,1-7H2,(H,17,18). The average Bonchev–Trinajstić information content (AvgIpc) is 2.99. The van der Waals surface area contributed by atoms with Gasteiger partial charge in [0.15, 0.2) is 0 Å². The second kappa shape index (κ2) is 4.26. The molecule has 102 valence electrons. The van der Waals surface area contributed by atoms with Crippen LogP contribution in [0.4, 0.5) is 0 Å². The Bertz CT molecular complexity index is 522. The third-order valence-electron chi connectivity index (χ3n) is 4.60. The summed E-state index contributed by atoms with van der Waals surface area (Å²) in [5.74, 6) is -1.08. The van der Waals surface area contributed by atoms with Crippen LogP contribution in [0.3, 0.4) is 0 Å². The Balaban J connectivity index is 1.64. The first-order valence-corrected chi connectivity index (χ1v) is 7.73. The van der Waals surface area contributed by atoms with E-state index in [0.717, 1.165) is 43.2 Å². The van der Waals surface area contributed by atoms with Crippen molar-refractivity contribution in [1.82, 2.24) is 14.8 Å². The van der Waals surface area contributed by atoms with Gasteiger partial charge in [0.1, 0.15) is 10.9 Å². The molecule has 3 saturated heterocycles. The maximum atomic E-state index is 11.2. The number of thiazole rings is 1. The van der Waals surface area contributed by atoms with E-state index >= 15 is 0 Å². The van der Waals surface area contributed by atoms with E-state index in [9.17, 15) is 9.90 Å². The summed E-state index contributed by atoms with van der Waals surface area (Å²) in [5.41, 5.74) is 0.852. The van der Waals surface area contributed by atoms with Crippen LogP contribution in [0, 0.1) is 0 Å². The molecule has 5 nitrogen and oxygen atoms in total. The molecule has 6 heteroatoms. The summed E-state index contributed by atoms with van der Waals surface area (Å²) in [4.78, 5) is 22.1. The Labute approximate surface area is 115 Å². The predicted octanol–water partition coefficient (Wildman–Crippen LogP) is 0.930. The second-order valence-electron chi connectivity index (χ2n) is 5.64. The molecular weight excluding hydrogens is 262 g/mol. The van der Waals surface area contributed by atoms with Gasteiger partial charge in [-0.3, -0.25) is 14.6 Å². The molecule has 5 rings (SSSR count). The maximum absolute atomic E-state index is 11.2. The van der Waals surface area contributed by atoms with Crippen molar-refractivity contribution in [3.63, 3.8) is 0 Å². The zero-order valence-corrected chi connectivity index (χ0v) is 11.5. The number of hydrogen-bond acceptors (Lipinski definition) is 5. The minimum Gasteiger partial charge on any atom is -0.481 e. The highest BCUT2D eigenvalue weighted by molar-refractivity contribution is 7.11. The molecule has 3 aliphatic heterocycles. The van der Waals surface area contributed by atoms with Gasteiger partial charge in [0.25, 0.3) is 0 Å². The molecule has 3 fully saturated rings. The summed E-state index contributed by atoms with van der Waals surface area (Å²) >= 11 is 1.75. The molecule has 2 bridgehead atoms. The molecule has 0 radical (unpaired) electrons. The Morgan fingerprint density at radius 1 is 1.32 bits per heavy atom. The van der Waals surface area contributed by atoms with E-state index in [-0.39, 0.29) is 5.92 Å². The van der Waals surface area contributed by atoms with Gasteiger partial charge in [0.05, 0.1) is 11.7 Å². The number of nitrogens with zero attached hydrogens (tertiary/aromatic N) is 3. The normalized spacial score (nSPS) is 36.4. The van der Waals surface area contributed by atoms with Crippen molar-refractivity contribution in [3.8, 4) is 0 Å². The number of aliphatic carboxylic acids is 1. The van der Waals surface area contributed by atoms with E-state index in [1.807, 2.05) is 0 Å². The van der Waals surface area contributed by atoms with Crippen molar-refractivity contribution in [2.75, 3.05) is 32.7 Å². The van der Waals surface area contributed by atoms with Crippen LogP contribution in [0.15, 0.2) is 0 Å². The van der Waals surface area contributed by atoms with E-state index in [0.29, 0.717) is 6.04 Å². The number of fused-ring (bicyclic) bond motifs is 4. The number of carbonyl (C=O) groups is 1. The van der Waals surface area contributed by atoms with E-state index in [1.165, 1.54) is 18.0 Å². The van der Waals surface area contributed by atoms with Crippen LogP contribution in [-0.4, -0.2) is 58.6 Å². The SMILES string of the molecule is O=C(O)C1CCc2sc(C3CN4CCN3CC4)nc21. The number of aromatic nitrogens is 1. The third kappa shape index (κ3) is 1.81. The van der Waals surface area contributed by atoms with E-state index in [4.69, 9.17) is 4.98 Å². The first kappa shape index (κ1) is 11.8. The molecule has 4 aliphatic rings. The molecule has 2 atom stereocenters. The lowest BCUT2D eigenvalue weighted by molar-refractivity contribution is -0.138. The van der Waals surface area contributed by atoms with Crippen molar-refractivity contribution in [1.29, 1.82) is 0 Å². The Hall–Kier alpha value is -0.980. The summed E-state index contributed by atoms with van der Waals surface area (Å²) < 4.78 is 0. The predicted molar refractivity (Wildman–Crippen MR) is 71.6 cm³/mol. The number of carboxylic acid groups (broad SMARTS) is 1. The van der Waals surface area contributed by atoms with Gasteiger partial charge in [-0.25, -0.2) is 4.98 Å². The minimum atomic E-state index is -0.718. The van der Waals surface area contributed by atoms with Gasteiger partial charge in [0.2, 0.25) is 0 Å². The summed E-state index contributed by atoms with van der Waals surface area (Å²) in [6, 6.07) is 0.396. The lowest BCUT2D eigenvalue weighted by Gasteiger charge is -2.46. The van der Waals surface area contributed by atoms with Gasteiger partial charge < -0.3 is 5.11 Å². The third-order valence-corrected chi connectivity index (χ3v) is 5.83. The maximum Gasteiger partial charge on any atom is 0.312 e. The Morgan fingerprint density at radius 2 is 2.11 bits per heavy atom. The fourth-order valence-electron chi connectivity index (χ4n) is 3.48. The van der Waals surface area contributed by atoms with Crippen molar-refractivity contribution in [2.45, 2.75) is 24.8 Å². The first-order chi connectivity index (χ1) is 9.22. The summed E-state index contributed by atoms with van der Waals surface area (Å²) in [6.07, 6.45) is 1.62. The van der Waals surface area contributed by atoms with Crippen LogP contribution in [0.1, 0.15) is 34.0 Å². The van der Waals surface area contributed by atoms with Crippen molar-refractivity contribution >= 4 is 17.3 Å². The fraction of sp³-hybridized carbons (Fsp3) is 0.692. The van der Waals surface area contributed by atoms with E-state index in [2.05, 4.69) is 9.80 Å². The van der Waals surface area contributed by atoms with Crippen LogP contribution in [0.25, 0.3) is 0 Å². The molecule has 1 N–H and O–H groups in total. The van der Waals surface area contributed by atoms with Gasteiger partial charge >= 0.3 is 5.97 Å². The van der Waals surface area contributed by atoms with Gasteiger partial charge in [-0.2, -0.15) is 0 Å². The zero-order chi connectivity index (χ0) is 13.0. The van der Waals surface area contributed by atoms with Gasteiger partial charge in [-0.15, -0.1) is 11.3 Å². The zero-order valence-electron chi connectivity index (χ0n) is 10.7. The summed E-state index contributed by atoms with van der Waals surface area (Å²) in [6.45, 7) is 5.64. The average molecular weight is 279 g/mol. The Morgan fingerprint density at radius 3 is 2.74 bits per heavy atom. The van der Waals surface area contributed by atoms with Gasteiger partial charge in [-0.05, 0) is 12.8 Å². The van der Waals surface area contributed by atoms with Crippen LogP contribution in [0.5, 0.6) is 0 Å². The number of hydrogen-bond donors (Lipinski definition) is 1. The highest BCUT2D eigenvalue weighted by Gasteiger charge is 2.38. The van der Waals surface area contributed by atoms with E-state index in [1.54, 1.807) is 11.3 Å². The molecule has 0 spiro atoms. The topological polar surface area (TPSA) is 56.7 Å². The van der Waals surface area contributed by atoms with Crippen LogP contribution >= 0.6 is 11.3 Å². The molecular formula is C13H17N3O2S. The summed E-state index contributed by atoms with van der Waals surface area (Å²) in [5, 5.41) is 10.4. The first-order valence-electron chi connectivity index (χ1n) is 6.91. The van der Waals surface area contributed by atoms with Crippen LogP contribution in [0.2, 0.25) is 0 Å². The van der Waals surface area contributed by atoms with Crippen LogP contribution < -0.4 is 0 Å². The Kier molecular flexibility index (Phi) is 2.65. The highest BCUT2D eigenvalue weighted by Crippen LogP contribution is 2.40. The number of aryl methyl sites for hydroxylation is 1. The highest BCUT2D eigenvalue weighted by atomic mass is 32.1. The molecule has 1 aromatic rings. The smallest absolute Gasteiger partial charge is 0.312 e. The number of piperazine rings is 3. The molecule has 1 aromatic heterocycles. The van der Waals surface area contributed by atoms with Gasteiger partial charge in [0, 0.05) is 37.6 Å². The van der Waals surface area contributed by atoms with Crippen LogP contribution in [-0.2, 0) is 11.2 Å². The quantitative estimate of drug-likeness (QED) is 0.873. The molecule has 0 amide bonds. The molecule has 0 aromatic carbocycles. The number of rotatable bonds is 2.